The first-order valence-electron chi connectivity index (χ1n) is 13.1. The van der Waals surface area contributed by atoms with Gasteiger partial charge in [-0.05, 0) is 75.7 Å². The molecule has 4 aromatic carbocycles. The minimum Gasteiger partial charge on any atom is -0.0763 e. The Labute approximate surface area is 225 Å². The Morgan fingerprint density at radius 2 is 1.00 bits per heavy atom. The van der Waals surface area contributed by atoms with Gasteiger partial charge in [0.2, 0.25) is 0 Å². The molecular weight excluding hydrogens is 482 g/mol. The van der Waals surface area contributed by atoms with Gasteiger partial charge in [0.15, 0.2) is 0 Å². The van der Waals surface area contributed by atoms with Crippen LogP contribution in [-0.2, 0) is 0 Å². The van der Waals surface area contributed by atoms with Crippen LogP contribution in [0.5, 0.6) is 0 Å². The van der Waals surface area contributed by atoms with Crippen LogP contribution in [-0.4, -0.2) is 5.66 Å². The molecule has 0 heterocycles. The zero-order valence-electron chi connectivity index (χ0n) is 22.5. The van der Waals surface area contributed by atoms with Crippen molar-refractivity contribution in [3.05, 3.63) is 143 Å². The van der Waals surface area contributed by atoms with E-state index in [-0.39, 0.29) is 0 Å². The van der Waals surface area contributed by atoms with Gasteiger partial charge in [-0.25, -0.2) is 0 Å². The molecule has 0 spiro atoms. The van der Waals surface area contributed by atoms with Crippen molar-refractivity contribution in [3.8, 4) is 0 Å². The summed E-state index contributed by atoms with van der Waals surface area (Å²) in [6, 6.07) is 36.6. The Kier molecular flexibility index (Phi) is 7.90. The molecule has 1 aliphatic rings. The summed E-state index contributed by atoms with van der Waals surface area (Å²) in [7, 11) is -1.16. The molecule has 0 aliphatic heterocycles. The van der Waals surface area contributed by atoms with Crippen LogP contribution >= 0.6 is 15.8 Å². The van der Waals surface area contributed by atoms with Gasteiger partial charge in [0, 0.05) is 5.92 Å². The van der Waals surface area contributed by atoms with Crippen LogP contribution in [0.4, 0.5) is 0 Å². The first kappa shape index (κ1) is 25.9. The Balaban J connectivity index is 1.62. The molecule has 186 valence electrons. The molecule has 0 saturated carbocycles. The lowest BCUT2D eigenvalue weighted by Gasteiger charge is -2.34. The average molecular weight is 519 g/mol. The molecule has 0 N–H and O–H groups in total. The number of aryl methyl sites for hydroxylation is 4. The summed E-state index contributed by atoms with van der Waals surface area (Å²) in [5.74, 6) is 0.402. The van der Waals surface area contributed by atoms with E-state index in [0.717, 1.165) is 0 Å². The molecular formula is C35H36P2. The van der Waals surface area contributed by atoms with Crippen molar-refractivity contribution in [2.75, 3.05) is 0 Å². The number of hydrogen-bond acceptors (Lipinski definition) is 0. The molecule has 4 aromatic rings. The molecule has 1 aliphatic carbocycles. The second kappa shape index (κ2) is 11.3. The largest absolute Gasteiger partial charge is 0.0763 e. The molecule has 2 atom stereocenters. The second-order valence-electron chi connectivity index (χ2n) is 10.3. The molecule has 1 unspecified atom stereocenters. The normalized spacial score (nSPS) is 15.9. The summed E-state index contributed by atoms with van der Waals surface area (Å²) in [4.78, 5) is 0. The van der Waals surface area contributed by atoms with Gasteiger partial charge < -0.3 is 0 Å². The lowest BCUT2D eigenvalue weighted by Crippen LogP contribution is -2.27. The maximum absolute atomic E-state index is 2.50. The van der Waals surface area contributed by atoms with Crippen LogP contribution < -0.4 is 21.2 Å². The number of benzene rings is 4. The van der Waals surface area contributed by atoms with Gasteiger partial charge in [-0.2, -0.15) is 0 Å². The molecule has 0 aromatic heterocycles. The maximum atomic E-state index is 2.50. The van der Waals surface area contributed by atoms with Gasteiger partial charge in [-0.3, -0.25) is 0 Å². The fraction of sp³-hybridized carbons (Fsp3) is 0.200. The summed E-state index contributed by atoms with van der Waals surface area (Å²) in [6.45, 7) is 11.4. The average Bonchev–Trinajstić information content (AvgIpc) is 3.34. The van der Waals surface area contributed by atoms with Crippen LogP contribution in [0.1, 0.15) is 29.2 Å². The molecule has 0 fully saturated rings. The minimum atomic E-state index is -0.602. The van der Waals surface area contributed by atoms with Gasteiger partial charge in [-0.15, -0.1) is 0 Å². The van der Waals surface area contributed by atoms with Gasteiger partial charge in [0.25, 0.3) is 0 Å². The lowest BCUT2D eigenvalue weighted by atomic mass is 10.1. The lowest BCUT2D eigenvalue weighted by molar-refractivity contribution is 0.785. The van der Waals surface area contributed by atoms with Crippen LogP contribution in [0, 0.1) is 33.6 Å². The molecule has 5 rings (SSSR count). The molecule has 0 bridgehead atoms. The highest BCUT2D eigenvalue weighted by Crippen LogP contribution is 2.55. The zero-order chi connectivity index (χ0) is 25.9. The van der Waals surface area contributed by atoms with E-state index in [1.54, 1.807) is 5.31 Å². The van der Waals surface area contributed by atoms with Crippen molar-refractivity contribution in [1.29, 1.82) is 0 Å². The summed E-state index contributed by atoms with van der Waals surface area (Å²) < 4.78 is 0. The van der Waals surface area contributed by atoms with Crippen LogP contribution in [0.3, 0.4) is 0 Å². The Hall–Kier alpha value is -2.78. The maximum Gasteiger partial charge on any atom is 0.0103 e. The smallest absolute Gasteiger partial charge is 0.0103 e. The van der Waals surface area contributed by atoms with Crippen LogP contribution in [0.15, 0.2) is 121 Å². The van der Waals surface area contributed by atoms with E-state index in [1.165, 1.54) is 43.5 Å². The van der Waals surface area contributed by atoms with Crippen molar-refractivity contribution in [2.45, 2.75) is 40.3 Å². The van der Waals surface area contributed by atoms with Crippen molar-refractivity contribution < 1.29 is 0 Å². The van der Waals surface area contributed by atoms with Gasteiger partial charge >= 0.3 is 0 Å². The van der Waals surface area contributed by atoms with Gasteiger partial charge in [0.05, 0.1) is 0 Å². The fourth-order valence-corrected chi connectivity index (χ4v) is 11.7. The number of rotatable bonds is 7. The van der Waals surface area contributed by atoms with E-state index < -0.39 is 15.8 Å². The van der Waals surface area contributed by atoms with E-state index in [4.69, 9.17) is 0 Å². The molecule has 37 heavy (non-hydrogen) atoms. The SMILES string of the molecule is Cc1cc(C)cc(P(c2cc(C)cc(C)c2)[C@H](C)C2C=CC=C2P(c2ccccc2)c2ccccc2)c1. The minimum absolute atomic E-state index is 0.402. The third-order valence-corrected chi connectivity index (χ3v) is 12.5. The van der Waals surface area contributed by atoms with Crippen molar-refractivity contribution in [3.63, 3.8) is 0 Å². The van der Waals surface area contributed by atoms with E-state index in [0.29, 0.717) is 11.6 Å². The third kappa shape index (κ3) is 5.72. The van der Waals surface area contributed by atoms with E-state index in [9.17, 15) is 0 Å². The molecule has 0 amide bonds. The quantitative estimate of drug-likeness (QED) is 0.218. The van der Waals surface area contributed by atoms with Gasteiger partial charge in [-0.1, -0.05) is 144 Å². The monoisotopic (exact) mass is 518 g/mol. The first-order valence-corrected chi connectivity index (χ1v) is 15.9. The Morgan fingerprint density at radius 1 is 0.568 bits per heavy atom. The van der Waals surface area contributed by atoms with E-state index in [1.807, 2.05) is 0 Å². The van der Waals surface area contributed by atoms with Gasteiger partial charge in [0.1, 0.15) is 0 Å². The summed E-state index contributed by atoms with van der Waals surface area (Å²) in [5, 5.41) is 7.42. The summed E-state index contributed by atoms with van der Waals surface area (Å²) in [5.41, 5.74) is 5.89. The predicted molar refractivity (Wildman–Crippen MR) is 167 cm³/mol. The molecule has 0 saturated heterocycles. The highest BCUT2D eigenvalue weighted by atomic mass is 31.1. The zero-order valence-corrected chi connectivity index (χ0v) is 24.3. The summed E-state index contributed by atoms with van der Waals surface area (Å²) >= 11 is 0. The Morgan fingerprint density at radius 3 is 1.43 bits per heavy atom. The Bertz CT molecular complexity index is 1300. The second-order valence-corrected chi connectivity index (χ2v) is 15.1. The summed E-state index contributed by atoms with van der Waals surface area (Å²) in [6.07, 6.45) is 7.21. The van der Waals surface area contributed by atoms with Crippen LogP contribution in [0.25, 0.3) is 0 Å². The molecule has 0 radical (unpaired) electrons. The van der Waals surface area contributed by atoms with E-state index in [2.05, 4.69) is 150 Å². The molecule has 0 nitrogen and oxygen atoms in total. The van der Waals surface area contributed by atoms with E-state index >= 15 is 0 Å². The predicted octanol–water partition coefficient (Wildman–Crippen LogP) is 7.94. The third-order valence-electron chi connectivity index (χ3n) is 7.11. The van der Waals surface area contributed by atoms with Crippen LogP contribution in [0.2, 0.25) is 0 Å². The highest BCUT2D eigenvalue weighted by molar-refractivity contribution is 7.77. The number of allylic oxidation sites excluding steroid dienone is 4. The standard InChI is InChI=1S/C35H36P2/c1-25-19-26(2)22-32(21-25)36(33-23-27(3)20-28(4)24-33)29(5)34-17-12-18-35(34)37(30-13-8-6-9-14-30)31-15-10-7-11-16-31/h6-24,29,34H,1-5H3/t29-,34?/m1/s1. The number of hydrogen-bond donors (Lipinski definition) is 0. The van der Waals surface area contributed by atoms with Crippen molar-refractivity contribution in [1.82, 2.24) is 0 Å². The van der Waals surface area contributed by atoms with Crippen molar-refractivity contribution in [2.24, 2.45) is 5.92 Å². The van der Waals surface area contributed by atoms with Crippen molar-refractivity contribution >= 4 is 37.1 Å². The highest BCUT2D eigenvalue weighted by Gasteiger charge is 2.34. The topological polar surface area (TPSA) is 0 Å². The fourth-order valence-electron chi connectivity index (χ4n) is 5.68. The molecule has 2 heteroatoms. The first-order chi connectivity index (χ1) is 17.9.